The van der Waals surface area contributed by atoms with Gasteiger partial charge in [-0.1, -0.05) is 245 Å². The van der Waals surface area contributed by atoms with Crippen molar-refractivity contribution < 1.29 is 37.3 Å². The number of esters is 1. The van der Waals surface area contributed by atoms with E-state index in [4.69, 9.17) is 13.8 Å². The number of rotatable bonds is 55. The van der Waals surface area contributed by atoms with Gasteiger partial charge < -0.3 is 19.4 Å². The van der Waals surface area contributed by atoms with E-state index in [0.717, 1.165) is 122 Å². The Morgan fingerprint density at radius 2 is 0.823 bits per heavy atom. The number of hydrogen-bond acceptors (Lipinski definition) is 6. The molecule has 0 aromatic heterocycles. The van der Waals surface area contributed by atoms with Crippen LogP contribution in [0, 0.1) is 0 Å². The molecule has 450 valence electrons. The summed E-state index contributed by atoms with van der Waals surface area (Å²) in [5.41, 5.74) is 0. The standard InChI is InChI=1S/C69H117N2O7P/c1-7-10-13-16-19-22-25-27-29-31-32-33-34-35-36-37-38-40-41-43-46-49-52-55-58-61-68(72)70-66(65-77-79(74,75)76-64-63-71(4,5)6)67(60-57-54-51-48-45-24-21-18-15-12-9-3)78-69(73)62-59-56-53-50-47-44-42-39-30-28-26-23-20-17-14-11-8-2/h10-11,13-14,19-20,22-23,27-30,32-33,35-36,42,44,50,53,57,60,66-67H,7-9,12,15-18,21,24-26,31,34,37-41,43,45-49,51-52,54-56,58-59,61-65H2,1-6H3,(H-,70,72,74,75)/p+1/b13-10-,14-11-,22-19-,23-20-,29-27-,30-28-,33-32-,36-35-,44-42-,53-50-,60-57-. The first-order valence-electron chi connectivity index (χ1n) is 31.5. The molecule has 0 aromatic rings. The SMILES string of the molecule is CC/C=C\C/C=C\C/C=C\C/C=C\C/C=C\CCCCCCCCCCCC(=O)NC(COP(=O)(O)OCC[N+](C)(C)C)C(/C=C\CCCCCCCCCCC)OC(=O)CCC/C=C\C/C=C\C/C=C\C/C=C\C/C=C\CC. The molecule has 2 N–H and O–H groups in total. The summed E-state index contributed by atoms with van der Waals surface area (Å²) in [5, 5.41) is 3.03. The highest BCUT2D eigenvalue weighted by Gasteiger charge is 2.30. The summed E-state index contributed by atoms with van der Waals surface area (Å²) in [6.07, 6.45) is 81.8. The van der Waals surface area contributed by atoms with E-state index < -0.39 is 20.0 Å². The summed E-state index contributed by atoms with van der Waals surface area (Å²) in [4.78, 5) is 37.7. The van der Waals surface area contributed by atoms with Crippen molar-refractivity contribution in [3.63, 3.8) is 0 Å². The first-order chi connectivity index (χ1) is 38.4. The monoisotopic (exact) mass is 1120 g/mol. The summed E-state index contributed by atoms with van der Waals surface area (Å²) in [6, 6.07) is -0.884. The molecule has 10 heteroatoms. The van der Waals surface area contributed by atoms with Crippen LogP contribution in [0.3, 0.4) is 0 Å². The van der Waals surface area contributed by atoms with Gasteiger partial charge in [0.15, 0.2) is 0 Å². The van der Waals surface area contributed by atoms with E-state index in [0.29, 0.717) is 23.9 Å². The van der Waals surface area contributed by atoms with Crippen molar-refractivity contribution in [1.29, 1.82) is 0 Å². The van der Waals surface area contributed by atoms with E-state index in [1.165, 1.54) is 77.0 Å². The Hall–Kier alpha value is -3.85. The number of nitrogens with zero attached hydrogens (tertiary/aromatic N) is 1. The van der Waals surface area contributed by atoms with Crippen LogP contribution in [0.25, 0.3) is 0 Å². The number of unbranched alkanes of at least 4 members (excludes halogenated alkanes) is 19. The predicted octanol–water partition coefficient (Wildman–Crippen LogP) is 19.7. The molecule has 0 fully saturated rings. The van der Waals surface area contributed by atoms with Crippen LogP contribution in [0.4, 0.5) is 0 Å². The Bertz CT molecular complexity index is 1810. The number of phosphoric acid groups is 1. The fourth-order valence-corrected chi connectivity index (χ4v) is 9.03. The number of likely N-dealkylation sites (N-methyl/N-ethyl adjacent to an activating group) is 1. The quantitative estimate of drug-likeness (QED) is 0.0205. The van der Waals surface area contributed by atoms with Gasteiger partial charge in [0, 0.05) is 12.8 Å². The van der Waals surface area contributed by atoms with Gasteiger partial charge in [-0.3, -0.25) is 18.6 Å². The third-order valence-electron chi connectivity index (χ3n) is 13.1. The largest absolute Gasteiger partial charge is 0.472 e. The van der Waals surface area contributed by atoms with Gasteiger partial charge in [-0.15, -0.1) is 0 Å². The minimum Gasteiger partial charge on any atom is -0.456 e. The first kappa shape index (κ1) is 75.2. The van der Waals surface area contributed by atoms with Crippen LogP contribution in [-0.4, -0.2) is 74.3 Å². The normalized spacial score (nSPS) is 14.6. The number of hydrogen-bond donors (Lipinski definition) is 2. The van der Waals surface area contributed by atoms with Crippen molar-refractivity contribution in [2.75, 3.05) is 40.9 Å². The lowest BCUT2D eigenvalue weighted by Gasteiger charge is -2.27. The van der Waals surface area contributed by atoms with Crippen molar-refractivity contribution in [3.8, 4) is 0 Å². The third-order valence-corrected chi connectivity index (χ3v) is 14.1. The molecular formula is C69H118N2O7P+. The predicted molar refractivity (Wildman–Crippen MR) is 341 cm³/mol. The summed E-state index contributed by atoms with van der Waals surface area (Å²) in [7, 11) is 1.44. The molecule has 3 atom stereocenters. The number of ether oxygens (including phenoxy) is 1. The van der Waals surface area contributed by atoms with Gasteiger partial charge in [0.1, 0.15) is 19.3 Å². The van der Waals surface area contributed by atoms with Crippen LogP contribution in [0.15, 0.2) is 134 Å². The number of carbonyl (C=O) groups excluding carboxylic acids is 2. The molecule has 0 aromatic carbocycles. The molecule has 0 radical (unpaired) electrons. The zero-order chi connectivity index (χ0) is 57.9. The summed E-state index contributed by atoms with van der Waals surface area (Å²) in [6.45, 7) is 6.72. The van der Waals surface area contributed by atoms with Gasteiger partial charge in [-0.05, 0) is 115 Å². The van der Waals surface area contributed by atoms with Crippen molar-refractivity contribution in [2.45, 2.75) is 251 Å². The zero-order valence-corrected chi connectivity index (χ0v) is 52.2. The van der Waals surface area contributed by atoms with Gasteiger partial charge in [0.05, 0.1) is 33.8 Å². The highest BCUT2D eigenvalue weighted by molar-refractivity contribution is 7.47. The number of nitrogens with one attached hydrogen (secondary N) is 1. The second-order valence-electron chi connectivity index (χ2n) is 21.8. The van der Waals surface area contributed by atoms with E-state index in [1.807, 2.05) is 33.3 Å². The number of carbonyl (C=O) groups is 2. The lowest BCUT2D eigenvalue weighted by molar-refractivity contribution is -0.870. The maximum Gasteiger partial charge on any atom is 0.472 e. The van der Waals surface area contributed by atoms with Gasteiger partial charge in [0.2, 0.25) is 5.91 Å². The van der Waals surface area contributed by atoms with Gasteiger partial charge >= 0.3 is 13.8 Å². The molecule has 0 aliphatic rings. The summed E-state index contributed by atoms with van der Waals surface area (Å²) >= 11 is 0. The van der Waals surface area contributed by atoms with Gasteiger partial charge in [0.25, 0.3) is 0 Å². The molecule has 1 amide bonds. The van der Waals surface area contributed by atoms with Crippen LogP contribution >= 0.6 is 7.82 Å². The lowest BCUT2D eigenvalue weighted by atomic mass is 10.0. The van der Waals surface area contributed by atoms with Crippen molar-refractivity contribution in [2.24, 2.45) is 0 Å². The fourth-order valence-electron chi connectivity index (χ4n) is 8.30. The minimum absolute atomic E-state index is 0.0229. The van der Waals surface area contributed by atoms with Crippen LogP contribution < -0.4 is 5.32 Å². The third kappa shape index (κ3) is 58.6. The minimum atomic E-state index is -4.47. The highest BCUT2D eigenvalue weighted by Crippen LogP contribution is 2.43. The van der Waals surface area contributed by atoms with Crippen molar-refractivity contribution >= 4 is 19.7 Å². The maximum absolute atomic E-state index is 13.6. The summed E-state index contributed by atoms with van der Waals surface area (Å²) < 4.78 is 30.6. The van der Waals surface area contributed by atoms with Crippen molar-refractivity contribution in [1.82, 2.24) is 5.32 Å². The number of quaternary nitrogens is 1. The highest BCUT2D eigenvalue weighted by atomic mass is 31.2. The first-order valence-corrected chi connectivity index (χ1v) is 33.0. The van der Waals surface area contributed by atoms with Crippen LogP contribution in [0.5, 0.6) is 0 Å². The second kappa shape index (κ2) is 57.4. The van der Waals surface area contributed by atoms with E-state index in [1.54, 1.807) is 0 Å². The van der Waals surface area contributed by atoms with E-state index in [9.17, 15) is 19.0 Å². The molecule has 9 nitrogen and oxygen atoms in total. The molecule has 0 rings (SSSR count). The molecular weight excluding hydrogens is 1000 g/mol. The molecule has 0 aliphatic carbocycles. The molecule has 0 aliphatic heterocycles. The number of phosphoric ester groups is 1. The van der Waals surface area contributed by atoms with Gasteiger partial charge in [-0.25, -0.2) is 4.57 Å². The Balaban J connectivity index is 5.24. The number of amides is 1. The van der Waals surface area contributed by atoms with Crippen LogP contribution in [-0.2, 0) is 27.9 Å². The average molecular weight is 1120 g/mol. The molecule has 0 spiro atoms. The topological polar surface area (TPSA) is 111 Å². The fraction of sp³-hybridized carbons (Fsp3) is 0.652. The Kier molecular flexibility index (Phi) is 54.6. The lowest BCUT2D eigenvalue weighted by Crippen LogP contribution is -2.47. The number of allylic oxidation sites excluding steroid dienone is 21. The molecule has 3 unspecified atom stereocenters. The Morgan fingerprint density at radius 1 is 0.456 bits per heavy atom. The van der Waals surface area contributed by atoms with E-state index in [2.05, 4.69) is 148 Å². The zero-order valence-electron chi connectivity index (χ0n) is 51.3. The molecule has 79 heavy (non-hydrogen) atoms. The second-order valence-corrected chi connectivity index (χ2v) is 23.3. The van der Waals surface area contributed by atoms with E-state index in [-0.39, 0.29) is 31.5 Å². The molecule has 0 saturated heterocycles. The van der Waals surface area contributed by atoms with E-state index >= 15 is 0 Å². The molecule has 0 saturated carbocycles. The Morgan fingerprint density at radius 3 is 1.24 bits per heavy atom. The van der Waals surface area contributed by atoms with Gasteiger partial charge in [-0.2, -0.15) is 0 Å². The maximum atomic E-state index is 13.6. The smallest absolute Gasteiger partial charge is 0.456 e. The summed E-state index contributed by atoms with van der Waals surface area (Å²) in [5.74, 6) is -0.590. The van der Waals surface area contributed by atoms with Crippen LogP contribution in [0.1, 0.15) is 239 Å². The van der Waals surface area contributed by atoms with Crippen molar-refractivity contribution in [3.05, 3.63) is 134 Å². The molecule has 0 heterocycles. The van der Waals surface area contributed by atoms with Crippen LogP contribution in [0.2, 0.25) is 0 Å². The molecule has 0 bridgehead atoms. The Labute approximate surface area is 485 Å². The average Bonchev–Trinajstić information content (AvgIpc) is 3.41.